The highest BCUT2D eigenvalue weighted by Crippen LogP contribution is 2.63. The van der Waals surface area contributed by atoms with Gasteiger partial charge in [-0.25, -0.2) is 0 Å². The molecule has 1 heteroatoms. The van der Waals surface area contributed by atoms with E-state index in [9.17, 15) is 0 Å². The first-order valence-corrected chi connectivity index (χ1v) is 3.96. The van der Waals surface area contributed by atoms with Crippen molar-refractivity contribution in [1.29, 1.82) is 0 Å². The molecular weight excluding hydrogens is 112 g/mol. The fraction of sp³-hybridized carbons (Fsp3) is 1.00. The fourth-order valence-corrected chi connectivity index (χ4v) is 2.14. The first kappa shape index (κ1) is 5.72. The Kier molecular flexibility index (Phi) is 1.10. The molecule has 0 saturated heterocycles. The normalized spacial score (nSPS) is 30.3. The zero-order valence-corrected chi connectivity index (χ0v) is 5.77. The largest absolute Gasteiger partial charge is 0.396 e. The monoisotopic (exact) mass is 126 g/mol. The third-order valence-electron chi connectivity index (χ3n) is 2.94. The zero-order chi connectivity index (χ0) is 6.32. The van der Waals surface area contributed by atoms with Crippen LogP contribution in [0.2, 0.25) is 0 Å². The molecule has 0 atom stereocenters. The van der Waals surface area contributed by atoms with E-state index in [0.29, 0.717) is 6.61 Å². The average molecular weight is 126 g/mol. The van der Waals surface area contributed by atoms with E-state index in [1.54, 1.807) is 0 Å². The van der Waals surface area contributed by atoms with E-state index in [-0.39, 0.29) is 0 Å². The number of hydrogen-bond donors (Lipinski definition) is 1. The molecule has 0 aromatic carbocycles. The molecule has 2 saturated carbocycles. The van der Waals surface area contributed by atoms with Gasteiger partial charge in [-0.1, -0.05) is 0 Å². The number of aliphatic hydroxyl groups excluding tert-OH is 1. The lowest BCUT2D eigenvalue weighted by atomic mass is 9.70. The van der Waals surface area contributed by atoms with E-state index in [1.807, 2.05) is 0 Å². The van der Waals surface area contributed by atoms with E-state index in [4.69, 9.17) is 5.11 Å². The Bertz CT molecular complexity index is 108. The molecule has 0 aromatic heterocycles. The predicted molar refractivity (Wildman–Crippen MR) is 36.1 cm³/mol. The van der Waals surface area contributed by atoms with Gasteiger partial charge in [-0.2, -0.15) is 0 Å². The molecule has 0 radical (unpaired) electrons. The number of aliphatic hydroxyl groups is 1. The highest BCUT2D eigenvalue weighted by Gasteiger charge is 2.52. The lowest BCUT2D eigenvalue weighted by Gasteiger charge is -2.35. The predicted octanol–water partition coefficient (Wildman–Crippen LogP) is 1.56. The SMILES string of the molecule is OCCC1CC2(CC2)C1. The summed E-state index contributed by atoms with van der Waals surface area (Å²) in [5.41, 5.74) is 0.833. The summed E-state index contributed by atoms with van der Waals surface area (Å²) in [6.07, 6.45) is 6.87. The summed E-state index contributed by atoms with van der Waals surface area (Å²) in [6, 6.07) is 0. The summed E-state index contributed by atoms with van der Waals surface area (Å²) in [6.45, 7) is 0.404. The number of hydrogen-bond acceptors (Lipinski definition) is 1. The minimum absolute atomic E-state index is 0.404. The van der Waals surface area contributed by atoms with Crippen LogP contribution in [0.15, 0.2) is 0 Å². The van der Waals surface area contributed by atoms with Crippen LogP contribution in [0.5, 0.6) is 0 Å². The highest BCUT2D eigenvalue weighted by molar-refractivity contribution is 5.03. The first-order chi connectivity index (χ1) is 4.35. The smallest absolute Gasteiger partial charge is 0.0433 e. The van der Waals surface area contributed by atoms with Crippen LogP contribution >= 0.6 is 0 Å². The van der Waals surface area contributed by atoms with Gasteiger partial charge in [0.05, 0.1) is 0 Å². The van der Waals surface area contributed by atoms with Gasteiger partial charge in [0.2, 0.25) is 0 Å². The molecule has 0 amide bonds. The maximum Gasteiger partial charge on any atom is 0.0433 e. The zero-order valence-electron chi connectivity index (χ0n) is 5.77. The van der Waals surface area contributed by atoms with Crippen molar-refractivity contribution in [2.24, 2.45) is 11.3 Å². The second kappa shape index (κ2) is 1.72. The van der Waals surface area contributed by atoms with E-state index < -0.39 is 0 Å². The molecule has 0 aliphatic heterocycles. The summed E-state index contributed by atoms with van der Waals surface area (Å²) < 4.78 is 0. The van der Waals surface area contributed by atoms with Crippen LogP contribution in [0.3, 0.4) is 0 Å². The van der Waals surface area contributed by atoms with Gasteiger partial charge in [-0.05, 0) is 43.4 Å². The lowest BCUT2D eigenvalue weighted by Crippen LogP contribution is -2.25. The molecule has 2 fully saturated rings. The van der Waals surface area contributed by atoms with Crippen molar-refractivity contribution in [3.63, 3.8) is 0 Å². The Morgan fingerprint density at radius 1 is 1.33 bits per heavy atom. The Hall–Kier alpha value is -0.0400. The Morgan fingerprint density at radius 3 is 2.44 bits per heavy atom. The molecule has 2 aliphatic rings. The highest BCUT2D eigenvalue weighted by atomic mass is 16.3. The van der Waals surface area contributed by atoms with Gasteiger partial charge in [-0.3, -0.25) is 0 Å². The van der Waals surface area contributed by atoms with Gasteiger partial charge in [0, 0.05) is 6.61 Å². The van der Waals surface area contributed by atoms with Crippen LogP contribution < -0.4 is 0 Å². The van der Waals surface area contributed by atoms with Crippen LogP contribution in [-0.2, 0) is 0 Å². The van der Waals surface area contributed by atoms with Crippen molar-refractivity contribution in [3.05, 3.63) is 0 Å². The third-order valence-corrected chi connectivity index (χ3v) is 2.94. The molecule has 0 aromatic rings. The average Bonchev–Trinajstić information content (AvgIpc) is 2.45. The summed E-state index contributed by atoms with van der Waals surface area (Å²) in [5.74, 6) is 0.887. The maximum atomic E-state index is 8.59. The molecule has 52 valence electrons. The first-order valence-electron chi connectivity index (χ1n) is 3.96. The summed E-state index contributed by atoms with van der Waals surface area (Å²) in [7, 11) is 0. The third kappa shape index (κ3) is 0.877. The van der Waals surface area contributed by atoms with Gasteiger partial charge in [0.1, 0.15) is 0 Å². The molecular formula is C8H14O. The Balaban J connectivity index is 1.71. The van der Waals surface area contributed by atoms with E-state index >= 15 is 0 Å². The Labute approximate surface area is 56.1 Å². The van der Waals surface area contributed by atoms with Crippen LogP contribution in [-0.4, -0.2) is 11.7 Å². The van der Waals surface area contributed by atoms with Gasteiger partial charge in [0.15, 0.2) is 0 Å². The van der Waals surface area contributed by atoms with Crippen LogP contribution in [0.25, 0.3) is 0 Å². The van der Waals surface area contributed by atoms with Crippen molar-refractivity contribution >= 4 is 0 Å². The van der Waals surface area contributed by atoms with Crippen molar-refractivity contribution in [2.75, 3.05) is 6.61 Å². The summed E-state index contributed by atoms with van der Waals surface area (Å²) in [4.78, 5) is 0. The van der Waals surface area contributed by atoms with Crippen molar-refractivity contribution in [1.82, 2.24) is 0 Å². The van der Waals surface area contributed by atoms with Crippen LogP contribution in [0.1, 0.15) is 32.1 Å². The minimum atomic E-state index is 0.404. The van der Waals surface area contributed by atoms with Gasteiger partial charge < -0.3 is 5.11 Å². The van der Waals surface area contributed by atoms with Crippen molar-refractivity contribution < 1.29 is 5.11 Å². The number of rotatable bonds is 2. The molecule has 0 heterocycles. The van der Waals surface area contributed by atoms with Crippen LogP contribution in [0, 0.1) is 11.3 Å². The quantitative estimate of drug-likeness (QED) is 0.595. The molecule has 0 unspecified atom stereocenters. The van der Waals surface area contributed by atoms with Gasteiger partial charge >= 0.3 is 0 Å². The standard InChI is InChI=1S/C8H14O/c9-4-1-7-5-8(6-7)2-3-8/h7,9H,1-6H2. The van der Waals surface area contributed by atoms with E-state index in [0.717, 1.165) is 17.8 Å². The molecule has 1 nitrogen and oxygen atoms in total. The lowest BCUT2D eigenvalue weighted by molar-refractivity contribution is 0.129. The van der Waals surface area contributed by atoms with Crippen LogP contribution in [0.4, 0.5) is 0 Å². The second-order valence-corrected chi connectivity index (χ2v) is 3.79. The van der Waals surface area contributed by atoms with E-state index in [2.05, 4.69) is 0 Å². The molecule has 0 bridgehead atoms. The van der Waals surface area contributed by atoms with E-state index in [1.165, 1.54) is 25.7 Å². The fourth-order valence-electron chi connectivity index (χ4n) is 2.14. The topological polar surface area (TPSA) is 20.2 Å². The molecule has 2 aliphatic carbocycles. The van der Waals surface area contributed by atoms with Gasteiger partial charge in [0.25, 0.3) is 0 Å². The molecule has 9 heavy (non-hydrogen) atoms. The summed E-state index contributed by atoms with van der Waals surface area (Å²) in [5, 5.41) is 8.59. The maximum absolute atomic E-state index is 8.59. The second-order valence-electron chi connectivity index (χ2n) is 3.79. The summed E-state index contributed by atoms with van der Waals surface area (Å²) >= 11 is 0. The molecule has 1 spiro atoms. The van der Waals surface area contributed by atoms with Gasteiger partial charge in [-0.15, -0.1) is 0 Å². The molecule has 2 rings (SSSR count). The Morgan fingerprint density at radius 2 is 2.00 bits per heavy atom. The van der Waals surface area contributed by atoms with Crippen molar-refractivity contribution in [3.8, 4) is 0 Å². The van der Waals surface area contributed by atoms with Crippen molar-refractivity contribution in [2.45, 2.75) is 32.1 Å². The molecule has 1 N–H and O–H groups in total. The minimum Gasteiger partial charge on any atom is -0.396 e.